The van der Waals surface area contributed by atoms with Crippen LogP contribution in [0.15, 0.2) is 35.3 Å². The highest BCUT2D eigenvalue weighted by atomic mass is 14.7. The molecule has 0 bridgehead atoms. The third-order valence-electron chi connectivity index (χ3n) is 1.99. The molecule has 0 radical (unpaired) electrons. The largest absolute Gasteiger partial charge is 0.280 e. The summed E-state index contributed by atoms with van der Waals surface area (Å²) in [5, 5.41) is 0. The van der Waals surface area contributed by atoms with Gasteiger partial charge in [0.15, 0.2) is 0 Å². The fourth-order valence-corrected chi connectivity index (χ4v) is 1.15. The average Bonchev–Trinajstić information content (AvgIpc) is 2.29. The Kier molecular flexibility index (Phi) is 6.01. The van der Waals surface area contributed by atoms with Gasteiger partial charge in [-0.15, -0.1) is 5.92 Å². The van der Waals surface area contributed by atoms with Crippen molar-refractivity contribution in [2.45, 2.75) is 26.2 Å². The number of aliphatic imine (C=N–C) groups is 1. The van der Waals surface area contributed by atoms with Crippen molar-refractivity contribution in [3.63, 3.8) is 0 Å². The van der Waals surface area contributed by atoms with Crippen molar-refractivity contribution in [3.8, 4) is 11.8 Å². The van der Waals surface area contributed by atoms with E-state index in [9.17, 15) is 0 Å². The summed E-state index contributed by atoms with van der Waals surface area (Å²) in [5.74, 6) is 6.15. The van der Waals surface area contributed by atoms with Crippen LogP contribution in [0, 0.1) is 11.8 Å². The van der Waals surface area contributed by atoms with E-state index < -0.39 is 0 Å². The minimum Gasteiger partial charge on any atom is -0.280 e. The van der Waals surface area contributed by atoms with Crippen molar-refractivity contribution < 1.29 is 0 Å². The molecule has 15 heavy (non-hydrogen) atoms. The molecule has 0 amide bonds. The van der Waals surface area contributed by atoms with Crippen LogP contribution in [0.2, 0.25) is 0 Å². The minimum atomic E-state index is 0.610. The van der Waals surface area contributed by atoms with Gasteiger partial charge in [0, 0.05) is 12.6 Å². The SMILES string of the molecule is CCCCC#CCN=Cc1ccccc1. The molecule has 0 saturated carbocycles. The van der Waals surface area contributed by atoms with Crippen LogP contribution in [0.25, 0.3) is 0 Å². The molecule has 1 rings (SSSR count). The normalized spacial score (nSPS) is 9.93. The molecule has 0 fully saturated rings. The predicted molar refractivity (Wildman–Crippen MR) is 66.2 cm³/mol. The Balaban J connectivity index is 2.24. The lowest BCUT2D eigenvalue weighted by Crippen LogP contribution is -1.81. The molecule has 0 aliphatic carbocycles. The Morgan fingerprint density at radius 3 is 2.73 bits per heavy atom. The van der Waals surface area contributed by atoms with E-state index in [1.807, 2.05) is 36.5 Å². The van der Waals surface area contributed by atoms with Gasteiger partial charge in [-0.2, -0.15) is 0 Å². The maximum atomic E-state index is 4.24. The lowest BCUT2D eigenvalue weighted by atomic mass is 10.2. The molecular formula is C14H17N. The smallest absolute Gasteiger partial charge is 0.0997 e. The van der Waals surface area contributed by atoms with Crippen LogP contribution in [0.1, 0.15) is 31.7 Å². The second-order valence-electron chi connectivity index (χ2n) is 3.34. The molecule has 0 aliphatic rings. The van der Waals surface area contributed by atoms with Gasteiger partial charge in [0.1, 0.15) is 0 Å². The second-order valence-corrected chi connectivity index (χ2v) is 3.34. The molecule has 78 valence electrons. The molecule has 1 heteroatoms. The number of hydrogen-bond donors (Lipinski definition) is 0. The van der Waals surface area contributed by atoms with Gasteiger partial charge in [-0.25, -0.2) is 0 Å². The first-order valence-electron chi connectivity index (χ1n) is 5.44. The van der Waals surface area contributed by atoms with Crippen LogP contribution in [0.5, 0.6) is 0 Å². The standard InChI is InChI=1S/C14H17N/c1-2-3-4-5-9-12-15-13-14-10-7-6-8-11-14/h6-8,10-11,13H,2-4,12H2,1H3. The Bertz CT molecular complexity index is 341. The fourth-order valence-electron chi connectivity index (χ4n) is 1.15. The zero-order chi connectivity index (χ0) is 10.8. The van der Waals surface area contributed by atoms with Crippen LogP contribution in [-0.2, 0) is 0 Å². The van der Waals surface area contributed by atoms with Gasteiger partial charge in [-0.3, -0.25) is 4.99 Å². The molecule has 0 N–H and O–H groups in total. The third kappa shape index (κ3) is 5.70. The van der Waals surface area contributed by atoms with Crippen molar-refractivity contribution in [3.05, 3.63) is 35.9 Å². The van der Waals surface area contributed by atoms with Crippen molar-refractivity contribution in [2.24, 2.45) is 4.99 Å². The molecule has 0 saturated heterocycles. The maximum absolute atomic E-state index is 4.24. The lowest BCUT2D eigenvalue weighted by Gasteiger charge is -1.88. The molecule has 0 aromatic heterocycles. The number of hydrogen-bond acceptors (Lipinski definition) is 1. The highest BCUT2D eigenvalue weighted by molar-refractivity contribution is 5.79. The summed E-state index contributed by atoms with van der Waals surface area (Å²) in [6, 6.07) is 10.1. The highest BCUT2D eigenvalue weighted by Crippen LogP contribution is 1.93. The van der Waals surface area contributed by atoms with Gasteiger partial charge in [-0.05, 0) is 12.0 Å². The Morgan fingerprint density at radius 1 is 1.20 bits per heavy atom. The van der Waals surface area contributed by atoms with Crippen molar-refractivity contribution in [1.29, 1.82) is 0 Å². The van der Waals surface area contributed by atoms with Gasteiger partial charge in [0.25, 0.3) is 0 Å². The molecule has 0 spiro atoms. The number of benzene rings is 1. The summed E-state index contributed by atoms with van der Waals surface area (Å²) < 4.78 is 0. The Hall–Kier alpha value is -1.55. The summed E-state index contributed by atoms with van der Waals surface area (Å²) in [6.45, 7) is 2.79. The number of rotatable bonds is 4. The number of nitrogens with zero attached hydrogens (tertiary/aromatic N) is 1. The van der Waals surface area contributed by atoms with Crippen molar-refractivity contribution in [2.75, 3.05) is 6.54 Å². The number of unbranched alkanes of at least 4 members (excludes halogenated alkanes) is 2. The molecule has 0 heterocycles. The molecule has 1 aromatic carbocycles. The summed E-state index contributed by atoms with van der Waals surface area (Å²) in [7, 11) is 0. The van der Waals surface area contributed by atoms with Gasteiger partial charge in [-0.1, -0.05) is 49.6 Å². The topological polar surface area (TPSA) is 12.4 Å². The summed E-state index contributed by atoms with van der Waals surface area (Å²) >= 11 is 0. The average molecular weight is 199 g/mol. The van der Waals surface area contributed by atoms with Gasteiger partial charge < -0.3 is 0 Å². The zero-order valence-electron chi connectivity index (χ0n) is 9.24. The van der Waals surface area contributed by atoms with E-state index in [4.69, 9.17) is 0 Å². The minimum absolute atomic E-state index is 0.610. The summed E-state index contributed by atoms with van der Waals surface area (Å²) in [5.41, 5.74) is 1.13. The predicted octanol–water partition coefficient (Wildman–Crippen LogP) is 3.30. The summed E-state index contributed by atoms with van der Waals surface area (Å²) in [6.07, 6.45) is 5.27. The van der Waals surface area contributed by atoms with Crippen molar-refractivity contribution in [1.82, 2.24) is 0 Å². The third-order valence-corrected chi connectivity index (χ3v) is 1.99. The van der Waals surface area contributed by atoms with E-state index in [1.165, 1.54) is 12.8 Å². The van der Waals surface area contributed by atoms with E-state index in [0.29, 0.717) is 6.54 Å². The van der Waals surface area contributed by atoms with E-state index >= 15 is 0 Å². The highest BCUT2D eigenvalue weighted by Gasteiger charge is 1.81. The molecule has 0 atom stereocenters. The lowest BCUT2D eigenvalue weighted by molar-refractivity contribution is 0.827. The Labute approximate surface area is 92.2 Å². The first kappa shape index (κ1) is 11.5. The van der Waals surface area contributed by atoms with E-state index in [1.54, 1.807) is 0 Å². The first-order valence-corrected chi connectivity index (χ1v) is 5.44. The summed E-state index contributed by atoms with van der Waals surface area (Å²) in [4.78, 5) is 4.24. The zero-order valence-corrected chi connectivity index (χ0v) is 9.24. The molecule has 1 aromatic rings. The molecular weight excluding hydrogens is 182 g/mol. The Morgan fingerprint density at radius 2 is 2.00 bits per heavy atom. The molecule has 1 nitrogen and oxygen atoms in total. The van der Waals surface area contributed by atoms with Gasteiger partial charge in [0.05, 0.1) is 6.54 Å². The van der Waals surface area contributed by atoms with Crippen LogP contribution >= 0.6 is 0 Å². The molecule has 0 unspecified atom stereocenters. The van der Waals surface area contributed by atoms with Crippen LogP contribution in [0.3, 0.4) is 0 Å². The van der Waals surface area contributed by atoms with E-state index in [2.05, 4.69) is 23.8 Å². The van der Waals surface area contributed by atoms with Crippen LogP contribution in [0.4, 0.5) is 0 Å². The monoisotopic (exact) mass is 199 g/mol. The first-order chi connectivity index (χ1) is 7.43. The van der Waals surface area contributed by atoms with Gasteiger partial charge >= 0.3 is 0 Å². The quantitative estimate of drug-likeness (QED) is 0.401. The van der Waals surface area contributed by atoms with E-state index in [0.717, 1.165) is 12.0 Å². The van der Waals surface area contributed by atoms with Crippen molar-refractivity contribution >= 4 is 6.21 Å². The van der Waals surface area contributed by atoms with Crippen LogP contribution in [-0.4, -0.2) is 12.8 Å². The van der Waals surface area contributed by atoms with Gasteiger partial charge in [0.2, 0.25) is 0 Å². The van der Waals surface area contributed by atoms with Crippen LogP contribution < -0.4 is 0 Å². The van der Waals surface area contributed by atoms with E-state index in [-0.39, 0.29) is 0 Å². The maximum Gasteiger partial charge on any atom is 0.0997 e. The molecule has 0 aliphatic heterocycles. The fraction of sp³-hybridized carbons (Fsp3) is 0.357. The second kappa shape index (κ2) is 7.82.